The van der Waals surface area contributed by atoms with Gasteiger partial charge in [-0.05, 0) is 70.6 Å². The Labute approximate surface area is 497 Å². The van der Waals surface area contributed by atoms with E-state index in [0.29, 0.717) is 19.3 Å². The number of esters is 3. The molecule has 0 aliphatic heterocycles. The summed E-state index contributed by atoms with van der Waals surface area (Å²) in [6.07, 6.45) is 89.2. The van der Waals surface area contributed by atoms with Gasteiger partial charge in [-0.15, -0.1) is 0 Å². The van der Waals surface area contributed by atoms with E-state index < -0.39 is 6.10 Å². The van der Waals surface area contributed by atoms with Crippen molar-refractivity contribution < 1.29 is 28.6 Å². The largest absolute Gasteiger partial charge is 0.462 e. The lowest BCUT2D eigenvalue weighted by Gasteiger charge is -2.18. The summed E-state index contributed by atoms with van der Waals surface area (Å²) in [5.41, 5.74) is 0. The fourth-order valence-corrected chi connectivity index (χ4v) is 10.3. The Balaban J connectivity index is 4.25. The zero-order chi connectivity index (χ0) is 57.8. The molecule has 464 valence electrons. The van der Waals surface area contributed by atoms with E-state index >= 15 is 0 Å². The smallest absolute Gasteiger partial charge is 0.306 e. The van der Waals surface area contributed by atoms with Gasteiger partial charge in [-0.1, -0.05) is 344 Å². The van der Waals surface area contributed by atoms with Crippen LogP contribution in [-0.2, 0) is 28.6 Å². The molecule has 0 rings (SSSR count). The van der Waals surface area contributed by atoms with Gasteiger partial charge in [0.1, 0.15) is 13.2 Å². The number of rotatable bonds is 64. The quantitative estimate of drug-likeness (QED) is 0.0261. The van der Waals surface area contributed by atoms with Crippen molar-refractivity contribution in [2.24, 2.45) is 0 Å². The van der Waals surface area contributed by atoms with Crippen LogP contribution in [0, 0.1) is 0 Å². The topological polar surface area (TPSA) is 78.9 Å². The van der Waals surface area contributed by atoms with Crippen LogP contribution in [0.25, 0.3) is 0 Å². The third kappa shape index (κ3) is 65.7. The van der Waals surface area contributed by atoms with E-state index in [-0.39, 0.29) is 31.1 Å². The minimum atomic E-state index is -0.774. The Hall–Kier alpha value is -3.15. The SMILES string of the molecule is CC/C=C\C/C=C\C/C=C\C/C=C\C/C=C\C/C=C\CCCCCCCCCCCCC(=O)OCC(COC(=O)CCCCCCCCCCCCCCC)OC(=O)CCCCCCCCCCCCCCCCCCCCCC. The lowest BCUT2D eigenvalue weighted by Crippen LogP contribution is -2.30. The normalized spacial score (nSPS) is 12.5. The van der Waals surface area contributed by atoms with Crippen LogP contribution in [-0.4, -0.2) is 37.2 Å². The van der Waals surface area contributed by atoms with Crippen LogP contribution in [0.5, 0.6) is 0 Å². The van der Waals surface area contributed by atoms with Gasteiger partial charge >= 0.3 is 17.9 Å². The average molecular weight is 1120 g/mol. The Bertz CT molecular complexity index is 1470. The second-order valence-corrected chi connectivity index (χ2v) is 23.4. The van der Waals surface area contributed by atoms with Crippen molar-refractivity contribution in [1.29, 1.82) is 0 Å². The van der Waals surface area contributed by atoms with Crippen molar-refractivity contribution in [3.63, 3.8) is 0 Å². The van der Waals surface area contributed by atoms with Gasteiger partial charge in [0.25, 0.3) is 0 Å². The zero-order valence-corrected chi connectivity index (χ0v) is 53.3. The first-order valence-electron chi connectivity index (χ1n) is 34.9. The average Bonchev–Trinajstić information content (AvgIpc) is 3.46. The lowest BCUT2D eigenvalue weighted by atomic mass is 10.0. The van der Waals surface area contributed by atoms with Gasteiger partial charge in [0.2, 0.25) is 0 Å². The Kier molecular flexibility index (Phi) is 65.7. The molecule has 0 aromatic rings. The molecule has 0 saturated heterocycles. The first-order chi connectivity index (χ1) is 39.5. The third-order valence-electron chi connectivity index (χ3n) is 15.5. The standard InChI is InChI=1S/C74H132O6/c1-4-7-10-13-16-19-22-25-27-29-31-33-34-35-36-37-38-39-40-41-43-44-46-49-52-55-58-61-64-67-73(76)79-70-71(69-78-72(75)66-63-60-57-54-51-48-24-21-18-15-12-9-6-3)80-74(77)68-65-62-59-56-53-50-47-45-42-32-30-28-26-23-20-17-14-11-8-5-2/h7,10,16,19,25,27,31,33,35-36,38-39,71H,4-6,8-9,11-15,17-18,20-24,26,28-30,32,34,37,40-70H2,1-3H3/b10-7-,19-16-,27-25-,33-31-,36-35-,39-38-. The number of allylic oxidation sites excluding steroid dienone is 12. The summed E-state index contributed by atoms with van der Waals surface area (Å²) in [5, 5.41) is 0. The van der Waals surface area contributed by atoms with Crippen molar-refractivity contribution in [3.8, 4) is 0 Å². The van der Waals surface area contributed by atoms with Gasteiger partial charge < -0.3 is 14.2 Å². The van der Waals surface area contributed by atoms with Crippen molar-refractivity contribution in [1.82, 2.24) is 0 Å². The number of carbonyl (C=O) groups excluding carboxylic acids is 3. The minimum absolute atomic E-state index is 0.0704. The molecule has 0 spiro atoms. The third-order valence-corrected chi connectivity index (χ3v) is 15.5. The number of ether oxygens (including phenoxy) is 3. The molecule has 0 amide bonds. The summed E-state index contributed by atoms with van der Waals surface area (Å²) in [5.74, 6) is -0.851. The number of hydrogen-bond donors (Lipinski definition) is 0. The molecule has 6 heteroatoms. The molecule has 0 aliphatic rings. The van der Waals surface area contributed by atoms with Gasteiger partial charge in [0.05, 0.1) is 0 Å². The summed E-state index contributed by atoms with van der Waals surface area (Å²) < 4.78 is 17.0. The summed E-state index contributed by atoms with van der Waals surface area (Å²) in [4.78, 5) is 38.4. The molecule has 0 aromatic carbocycles. The highest BCUT2D eigenvalue weighted by molar-refractivity contribution is 5.71. The molecule has 0 aliphatic carbocycles. The van der Waals surface area contributed by atoms with Crippen LogP contribution in [0.4, 0.5) is 0 Å². The monoisotopic (exact) mass is 1120 g/mol. The van der Waals surface area contributed by atoms with Crippen LogP contribution < -0.4 is 0 Å². The van der Waals surface area contributed by atoms with E-state index in [4.69, 9.17) is 14.2 Å². The second kappa shape index (κ2) is 68.3. The summed E-state index contributed by atoms with van der Waals surface area (Å²) in [6.45, 7) is 6.58. The second-order valence-electron chi connectivity index (χ2n) is 23.4. The molecule has 0 N–H and O–H groups in total. The predicted molar refractivity (Wildman–Crippen MR) is 348 cm³/mol. The van der Waals surface area contributed by atoms with E-state index in [0.717, 1.165) is 96.3 Å². The van der Waals surface area contributed by atoms with Crippen LogP contribution in [0.1, 0.15) is 361 Å². The molecule has 0 aromatic heterocycles. The molecule has 0 radical (unpaired) electrons. The fraction of sp³-hybridized carbons (Fsp3) is 0.797. The Morgan fingerprint density at radius 3 is 0.762 bits per heavy atom. The zero-order valence-electron chi connectivity index (χ0n) is 53.3. The Morgan fingerprint density at radius 2 is 0.487 bits per heavy atom. The maximum absolute atomic E-state index is 12.9. The molecule has 0 fully saturated rings. The Morgan fingerprint density at radius 1 is 0.263 bits per heavy atom. The number of hydrogen-bond acceptors (Lipinski definition) is 6. The lowest BCUT2D eigenvalue weighted by molar-refractivity contribution is -0.167. The number of carbonyl (C=O) groups is 3. The maximum Gasteiger partial charge on any atom is 0.306 e. The van der Waals surface area contributed by atoms with E-state index in [2.05, 4.69) is 93.7 Å². The highest BCUT2D eigenvalue weighted by atomic mass is 16.6. The summed E-state index contributed by atoms with van der Waals surface area (Å²) in [6, 6.07) is 0. The maximum atomic E-state index is 12.9. The van der Waals surface area contributed by atoms with Crippen LogP contribution >= 0.6 is 0 Å². The molecule has 6 nitrogen and oxygen atoms in total. The van der Waals surface area contributed by atoms with Gasteiger partial charge in [-0.2, -0.15) is 0 Å². The van der Waals surface area contributed by atoms with Crippen molar-refractivity contribution in [2.45, 2.75) is 367 Å². The summed E-state index contributed by atoms with van der Waals surface area (Å²) >= 11 is 0. The molecule has 80 heavy (non-hydrogen) atoms. The minimum Gasteiger partial charge on any atom is -0.462 e. The first-order valence-corrected chi connectivity index (χ1v) is 34.9. The number of unbranched alkanes of at least 4 members (excludes halogenated alkanes) is 41. The highest BCUT2D eigenvalue weighted by Gasteiger charge is 2.19. The fourth-order valence-electron chi connectivity index (χ4n) is 10.3. The van der Waals surface area contributed by atoms with E-state index in [1.807, 2.05) is 0 Å². The van der Waals surface area contributed by atoms with Crippen molar-refractivity contribution >= 4 is 17.9 Å². The van der Waals surface area contributed by atoms with Crippen LogP contribution in [0.2, 0.25) is 0 Å². The van der Waals surface area contributed by atoms with Crippen molar-refractivity contribution in [2.75, 3.05) is 13.2 Å². The predicted octanol–water partition coefficient (Wildman–Crippen LogP) is 24.1. The van der Waals surface area contributed by atoms with Gasteiger partial charge in [-0.25, -0.2) is 0 Å². The molecule has 1 unspecified atom stereocenters. The molecule has 0 bridgehead atoms. The molecule has 0 heterocycles. The first kappa shape index (κ1) is 76.9. The highest BCUT2D eigenvalue weighted by Crippen LogP contribution is 2.18. The van der Waals surface area contributed by atoms with Gasteiger partial charge in [-0.3, -0.25) is 14.4 Å². The van der Waals surface area contributed by atoms with Crippen molar-refractivity contribution in [3.05, 3.63) is 72.9 Å². The van der Waals surface area contributed by atoms with E-state index in [1.54, 1.807) is 0 Å². The summed E-state index contributed by atoms with van der Waals surface area (Å²) in [7, 11) is 0. The van der Waals surface area contributed by atoms with E-state index in [9.17, 15) is 14.4 Å². The van der Waals surface area contributed by atoms with Crippen LogP contribution in [0.15, 0.2) is 72.9 Å². The van der Waals surface area contributed by atoms with Gasteiger partial charge in [0, 0.05) is 19.3 Å². The van der Waals surface area contributed by atoms with E-state index in [1.165, 1.54) is 225 Å². The van der Waals surface area contributed by atoms with Crippen LogP contribution in [0.3, 0.4) is 0 Å². The molecule has 0 saturated carbocycles. The molecular weight excluding hydrogens is 985 g/mol. The molecular formula is C74H132O6. The van der Waals surface area contributed by atoms with Gasteiger partial charge in [0.15, 0.2) is 6.10 Å². The molecule has 1 atom stereocenters.